The second-order valence-corrected chi connectivity index (χ2v) is 8.97. The minimum absolute atomic E-state index is 0.0877. The van der Waals surface area contributed by atoms with Crippen LogP contribution in [0.4, 0.5) is 11.4 Å². The SMILES string of the molecule is O=C(Nc1ccc(S(=O)(=O)Nc2ccc(Cl)cc2)cc1)c1cccc(I)c1. The standard InChI is InChI=1S/C19H14ClIN2O3S/c20-14-4-6-17(7-5-14)23-27(25,26)18-10-8-16(9-11-18)22-19(24)13-2-1-3-15(21)12-13/h1-12,23H,(H,22,24). The van der Waals surface area contributed by atoms with E-state index in [-0.39, 0.29) is 10.8 Å². The summed E-state index contributed by atoms with van der Waals surface area (Å²) in [5.74, 6) is -0.261. The van der Waals surface area contributed by atoms with Crippen molar-refractivity contribution >= 4 is 61.5 Å². The zero-order valence-corrected chi connectivity index (χ0v) is 17.5. The van der Waals surface area contributed by atoms with Crippen molar-refractivity contribution in [1.82, 2.24) is 0 Å². The highest BCUT2D eigenvalue weighted by Crippen LogP contribution is 2.20. The van der Waals surface area contributed by atoms with E-state index in [1.54, 1.807) is 54.6 Å². The van der Waals surface area contributed by atoms with Gasteiger partial charge in [-0.25, -0.2) is 8.42 Å². The smallest absolute Gasteiger partial charge is 0.261 e. The summed E-state index contributed by atoms with van der Waals surface area (Å²) in [6.45, 7) is 0. The first-order valence-corrected chi connectivity index (χ1v) is 10.7. The van der Waals surface area contributed by atoms with Crippen LogP contribution < -0.4 is 10.0 Å². The van der Waals surface area contributed by atoms with Crippen molar-refractivity contribution in [2.75, 3.05) is 10.0 Å². The first-order chi connectivity index (χ1) is 12.8. The molecule has 0 radical (unpaired) electrons. The highest BCUT2D eigenvalue weighted by molar-refractivity contribution is 14.1. The van der Waals surface area contributed by atoms with E-state index in [0.717, 1.165) is 3.57 Å². The molecular weight excluding hydrogens is 499 g/mol. The van der Waals surface area contributed by atoms with Gasteiger partial charge in [0.25, 0.3) is 15.9 Å². The topological polar surface area (TPSA) is 75.3 Å². The fourth-order valence-corrected chi connectivity index (χ4v) is 4.01. The lowest BCUT2D eigenvalue weighted by Gasteiger charge is -2.10. The first kappa shape index (κ1) is 19.7. The molecule has 0 aliphatic heterocycles. The van der Waals surface area contributed by atoms with Gasteiger partial charge in [0, 0.05) is 25.5 Å². The molecule has 2 N–H and O–H groups in total. The molecular formula is C19H14ClIN2O3S. The highest BCUT2D eigenvalue weighted by atomic mass is 127. The zero-order chi connectivity index (χ0) is 19.4. The lowest BCUT2D eigenvalue weighted by Crippen LogP contribution is -2.14. The first-order valence-electron chi connectivity index (χ1n) is 7.79. The van der Waals surface area contributed by atoms with E-state index in [2.05, 4.69) is 32.6 Å². The summed E-state index contributed by atoms with van der Waals surface area (Å²) in [5, 5.41) is 3.27. The van der Waals surface area contributed by atoms with E-state index in [4.69, 9.17) is 11.6 Å². The molecule has 138 valence electrons. The molecule has 0 heterocycles. The summed E-state index contributed by atoms with van der Waals surface area (Å²) in [6, 6.07) is 19.5. The van der Waals surface area contributed by atoms with Crippen molar-refractivity contribution in [3.63, 3.8) is 0 Å². The van der Waals surface area contributed by atoms with E-state index in [1.807, 2.05) is 6.07 Å². The number of sulfonamides is 1. The van der Waals surface area contributed by atoms with Crippen LogP contribution in [0, 0.1) is 3.57 Å². The Labute approximate surface area is 175 Å². The Balaban J connectivity index is 1.72. The van der Waals surface area contributed by atoms with Gasteiger partial charge in [0.2, 0.25) is 0 Å². The van der Waals surface area contributed by atoms with E-state index in [9.17, 15) is 13.2 Å². The third kappa shape index (κ3) is 5.21. The van der Waals surface area contributed by atoms with Crippen LogP contribution in [0.1, 0.15) is 10.4 Å². The van der Waals surface area contributed by atoms with Crippen LogP contribution in [-0.2, 0) is 10.0 Å². The average molecular weight is 513 g/mol. The highest BCUT2D eigenvalue weighted by Gasteiger charge is 2.14. The van der Waals surface area contributed by atoms with Gasteiger partial charge in [-0.15, -0.1) is 0 Å². The molecule has 0 aromatic heterocycles. The van der Waals surface area contributed by atoms with Gasteiger partial charge in [-0.1, -0.05) is 17.7 Å². The van der Waals surface area contributed by atoms with Crippen LogP contribution in [0.2, 0.25) is 5.02 Å². The zero-order valence-electron chi connectivity index (χ0n) is 13.8. The number of amides is 1. The molecule has 3 aromatic carbocycles. The lowest BCUT2D eigenvalue weighted by molar-refractivity contribution is 0.102. The van der Waals surface area contributed by atoms with Crippen molar-refractivity contribution in [3.8, 4) is 0 Å². The van der Waals surface area contributed by atoms with Crippen molar-refractivity contribution < 1.29 is 13.2 Å². The molecule has 27 heavy (non-hydrogen) atoms. The molecule has 0 fully saturated rings. The van der Waals surface area contributed by atoms with Gasteiger partial charge in [-0.3, -0.25) is 9.52 Å². The number of carbonyl (C=O) groups excluding carboxylic acids is 1. The lowest BCUT2D eigenvalue weighted by atomic mass is 10.2. The number of rotatable bonds is 5. The van der Waals surface area contributed by atoms with Crippen LogP contribution in [0.3, 0.4) is 0 Å². The number of hydrogen-bond donors (Lipinski definition) is 2. The fourth-order valence-electron chi connectivity index (χ4n) is 2.28. The van der Waals surface area contributed by atoms with Crippen LogP contribution in [0.5, 0.6) is 0 Å². The fraction of sp³-hybridized carbons (Fsp3) is 0. The number of carbonyl (C=O) groups is 1. The summed E-state index contributed by atoms with van der Waals surface area (Å²) < 4.78 is 28.3. The number of halogens is 2. The Kier molecular flexibility index (Phi) is 6.03. The minimum Gasteiger partial charge on any atom is -0.322 e. The molecule has 0 bridgehead atoms. The summed E-state index contributed by atoms with van der Waals surface area (Å²) in [5.41, 5.74) is 1.45. The maximum absolute atomic E-state index is 12.4. The molecule has 5 nitrogen and oxygen atoms in total. The van der Waals surface area contributed by atoms with Crippen molar-refractivity contribution in [2.24, 2.45) is 0 Å². The maximum Gasteiger partial charge on any atom is 0.261 e. The molecule has 0 spiro atoms. The molecule has 0 aliphatic carbocycles. The Hall–Kier alpha value is -2.10. The monoisotopic (exact) mass is 512 g/mol. The Morgan fingerprint density at radius 1 is 0.889 bits per heavy atom. The maximum atomic E-state index is 12.4. The molecule has 0 aliphatic rings. The van der Waals surface area contributed by atoms with Gasteiger partial charge < -0.3 is 5.32 Å². The van der Waals surface area contributed by atoms with E-state index >= 15 is 0 Å². The van der Waals surface area contributed by atoms with Crippen molar-refractivity contribution in [3.05, 3.63) is 87.0 Å². The van der Waals surface area contributed by atoms with Gasteiger partial charge in [0.05, 0.1) is 4.90 Å². The minimum atomic E-state index is -3.74. The van der Waals surface area contributed by atoms with E-state index in [0.29, 0.717) is 22.0 Å². The van der Waals surface area contributed by atoms with Crippen LogP contribution in [0.25, 0.3) is 0 Å². The van der Waals surface area contributed by atoms with E-state index in [1.165, 1.54) is 12.1 Å². The second-order valence-electron chi connectivity index (χ2n) is 5.60. The second kappa shape index (κ2) is 8.28. The molecule has 0 atom stereocenters. The third-order valence-electron chi connectivity index (χ3n) is 3.61. The summed E-state index contributed by atoms with van der Waals surface area (Å²) in [7, 11) is -3.74. The predicted molar refractivity (Wildman–Crippen MR) is 116 cm³/mol. The van der Waals surface area contributed by atoms with Crippen molar-refractivity contribution in [1.29, 1.82) is 0 Å². The number of benzene rings is 3. The number of nitrogens with one attached hydrogen (secondary N) is 2. The molecule has 0 saturated carbocycles. The number of anilines is 2. The van der Waals surface area contributed by atoms with Gasteiger partial charge >= 0.3 is 0 Å². The van der Waals surface area contributed by atoms with Crippen molar-refractivity contribution in [2.45, 2.75) is 4.90 Å². The molecule has 1 amide bonds. The molecule has 3 aromatic rings. The van der Waals surface area contributed by atoms with Crippen LogP contribution in [-0.4, -0.2) is 14.3 Å². The van der Waals surface area contributed by atoms with Gasteiger partial charge in [-0.05, 0) is 89.3 Å². The van der Waals surface area contributed by atoms with Gasteiger partial charge in [-0.2, -0.15) is 0 Å². The quantitative estimate of drug-likeness (QED) is 0.473. The van der Waals surface area contributed by atoms with Crippen LogP contribution in [0.15, 0.2) is 77.7 Å². The Morgan fingerprint density at radius 3 is 2.15 bits per heavy atom. The summed E-state index contributed by atoms with van der Waals surface area (Å²) in [6.07, 6.45) is 0. The van der Waals surface area contributed by atoms with Crippen LogP contribution >= 0.6 is 34.2 Å². The third-order valence-corrected chi connectivity index (χ3v) is 5.93. The molecule has 8 heteroatoms. The predicted octanol–water partition coefficient (Wildman–Crippen LogP) is 5.00. The number of hydrogen-bond acceptors (Lipinski definition) is 3. The largest absolute Gasteiger partial charge is 0.322 e. The van der Waals surface area contributed by atoms with Gasteiger partial charge in [0.15, 0.2) is 0 Å². The summed E-state index contributed by atoms with van der Waals surface area (Å²) >= 11 is 7.93. The summed E-state index contributed by atoms with van der Waals surface area (Å²) in [4.78, 5) is 12.3. The average Bonchev–Trinajstić information content (AvgIpc) is 2.64. The normalized spacial score (nSPS) is 11.0. The van der Waals surface area contributed by atoms with Gasteiger partial charge in [0.1, 0.15) is 0 Å². The Bertz CT molecular complexity index is 1070. The molecule has 0 unspecified atom stereocenters. The van der Waals surface area contributed by atoms with E-state index < -0.39 is 10.0 Å². The molecule has 3 rings (SSSR count). The Morgan fingerprint density at radius 2 is 1.52 bits per heavy atom. The molecule has 0 saturated heterocycles.